The Kier molecular flexibility index (Phi) is 3.34. The molecule has 2 nitrogen and oxygen atoms in total. The van der Waals surface area contributed by atoms with Gasteiger partial charge in [-0.2, -0.15) is 0 Å². The van der Waals surface area contributed by atoms with Gasteiger partial charge in [-0.05, 0) is 49.7 Å². The van der Waals surface area contributed by atoms with Gasteiger partial charge < -0.3 is 4.90 Å². The molecule has 1 aliphatic heterocycles. The van der Waals surface area contributed by atoms with Gasteiger partial charge in [0.15, 0.2) is 5.78 Å². The van der Waals surface area contributed by atoms with E-state index in [4.69, 9.17) is 6.42 Å². The Hall–Kier alpha value is -2.01. The summed E-state index contributed by atoms with van der Waals surface area (Å²) in [5.74, 6) is 2.80. The maximum atomic E-state index is 12.5. The van der Waals surface area contributed by atoms with E-state index in [0.717, 1.165) is 24.4 Å². The van der Waals surface area contributed by atoms with Crippen molar-refractivity contribution in [2.45, 2.75) is 45.4 Å². The number of Topliss-reactive ketones (excluding diaryl/α,β-unsaturated/α-hetero) is 1. The molecule has 1 aromatic rings. The van der Waals surface area contributed by atoms with Crippen LogP contribution in [0, 0.1) is 24.7 Å². The van der Waals surface area contributed by atoms with Gasteiger partial charge in [0, 0.05) is 25.1 Å². The zero-order valence-electron chi connectivity index (χ0n) is 13.8. The maximum absolute atomic E-state index is 12.5. The molecular formula is C21H23NO. The summed E-state index contributed by atoms with van der Waals surface area (Å²) in [4.78, 5) is 14.9. The fourth-order valence-electron chi connectivity index (χ4n) is 4.45. The number of benzene rings is 1. The van der Waals surface area contributed by atoms with E-state index in [9.17, 15) is 4.79 Å². The molecule has 23 heavy (non-hydrogen) atoms. The molecule has 0 unspecified atom stereocenters. The molecule has 0 amide bonds. The lowest BCUT2D eigenvalue weighted by Gasteiger charge is -2.49. The Labute approximate surface area is 138 Å². The molecule has 1 aromatic carbocycles. The molecular weight excluding hydrogens is 282 g/mol. The van der Waals surface area contributed by atoms with Gasteiger partial charge in [0.05, 0.1) is 11.3 Å². The van der Waals surface area contributed by atoms with Crippen molar-refractivity contribution >= 4 is 11.5 Å². The second-order valence-corrected chi connectivity index (χ2v) is 7.47. The molecule has 1 saturated heterocycles. The van der Waals surface area contributed by atoms with Gasteiger partial charge in [-0.3, -0.25) is 4.79 Å². The van der Waals surface area contributed by atoms with Crippen LogP contribution in [0.2, 0.25) is 0 Å². The number of aryl methyl sites for hydroxylation is 1. The molecule has 2 fully saturated rings. The van der Waals surface area contributed by atoms with Crippen LogP contribution in [-0.4, -0.2) is 23.8 Å². The number of likely N-dealkylation sites (tertiary alicyclic amines) is 1. The van der Waals surface area contributed by atoms with Gasteiger partial charge in [0.25, 0.3) is 0 Å². The highest BCUT2D eigenvalue weighted by molar-refractivity contribution is 6.10. The second kappa shape index (κ2) is 5.27. The lowest BCUT2D eigenvalue weighted by Crippen LogP contribution is -2.43. The standard InChI is InChI=1S/C21H23NO/c1-3-17-19(23)14-16-6-5-15(2)13-18(16)20(17)22-11-9-21(10-12-22)7-4-8-21/h1,5-6,13H,4,7-12,14H2,2H3. The van der Waals surface area contributed by atoms with Crippen molar-refractivity contribution in [1.29, 1.82) is 0 Å². The van der Waals surface area contributed by atoms with E-state index < -0.39 is 0 Å². The van der Waals surface area contributed by atoms with Gasteiger partial charge in [0.1, 0.15) is 0 Å². The predicted octanol–water partition coefficient (Wildman–Crippen LogP) is 3.73. The number of hydrogen-bond acceptors (Lipinski definition) is 2. The smallest absolute Gasteiger partial charge is 0.177 e. The van der Waals surface area contributed by atoms with E-state index in [2.05, 4.69) is 35.9 Å². The number of carbonyl (C=O) groups is 1. The molecule has 0 bridgehead atoms. The zero-order valence-corrected chi connectivity index (χ0v) is 13.8. The van der Waals surface area contributed by atoms with Gasteiger partial charge in [-0.1, -0.05) is 30.0 Å². The number of rotatable bonds is 1. The van der Waals surface area contributed by atoms with E-state index in [-0.39, 0.29) is 5.78 Å². The Morgan fingerprint density at radius 3 is 2.52 bits per heavy atom. The first-order valence-corrected chi connectivity index (χ1v) is 8.71. The van der Waals surface area contributed by atoms with Crippen molar-refractivity contribution in [3.05, 3.63) is 40.5 Å². The molecule has 3 aliphatic rings. The van der Waals surface area contributed by atoms with Gasteiger partial charge in [0.2, 0.25) is 0 Å². The number of hydrogen-bond donors (Lipinski definition) is 0. The fourth-order valence-corrected chi connectivity index (χ4v) is 4.45. The number of piperidine rings is 1. The average Bonchev–Trinajstić information content (AvgIpc) is 2.53. The largest absolute Gasteiger partial charge is 0.370 e. The van der Waals surface area contributed by atoms with Crippen LogP contribution in [0.1, 0.15) is 48.8 Å². The number of ketones is 1. The summed E-state index contributed by atoms with van der Waals surface area (Å²) < 4.78 is 0. The van der Waals surface area contributed by atoms with Crippen LogP contribution < -0.4 is 0 Å². The van der Waals surface area contributed by atoms with Crippen LogP contribution in [0.25, 0.3) is 5.70 Å². The predicted molar refractivity (Wildman–Crippen MR) is 92.7 cm³/mol. The minimum absolute atomic E-state index is 0.0998. The van der Waals surface area contributed by atoms with Crippen LogP contribution in [0.15, 0.2) is 23.8 Å². The summed E-state index contributed by atoms with van der Waals surface area (Å²) in [5.41, 5.74) is 5.74. The van der Waals surface area contributed by atoms with Crippen molar-refractivity contribution in [3.8, 4) is 12.3 Å². The molecule has 4 rings (SSSR count). The zero-order chi connectivity index (χ0) is 16.0. The first kappa shape index (κ1) is 14.6. The average molecular weight is 305 g/mol. The van der Waals surface area contributed by atoms with E-state index in [1.807, 2.05) is 0 Å². The molecule has 118 valence electrons. The first-order valence-electron chi connectivity index (χ1n) is 8.71. The van der Waals surface area contributed by atoms with Crippen molar-refractivity contribution in [2.24, 2.45) is 5.41 Å². The Bertz CT molecular complexity index is 736. The van der Waals surface area contributed by atoms with E-state index in [1.165, 1.54) is 43.2 Å². The highest BCUT2D eigenvalue weighted by Gasteiger charge is 2.41. The number of fused-ring (bicyclic) bond motifs is 1. The minimum Gasteiger partial charge on any atom is -0.370 e. The normalized spacial score (nSPS) is 22.6. The SMILES string of the molecule is C#CC1=C(N2CCC3(CCC3)CC2)c2cc(C)ccc2CC1=O. The number of allylic oxidation sites excluding steroid dienone is 1. The van der Waals surface area contributed by atoms with Crippen molar-refractivity contribution in [3.63, 3.8) is 0 Å². The molecule has 2 aliphatic carbocycles. The third kappa shape index (κ3) is 2.30. The lowest BCUT2D eigenvalue weighted by molar-refractivity contribution is -0.114. The highest BCUT2D eigenvalue weighted by Crippen LogP contribution is 2.50. The van der Waals surface area contributed by atoms with Crippen LogP contribution >= 0.6 is 0 Å². The molecule has 0 aromatic heterocycles. The topological polar surface area (TPSA) is 20.3 Å². The third-order valence-corrected chi connectivity index (χ3v) is 6.09. The maximum Gasteiger partial charge on any atom is 0.177 e. The van der Waals surface area contributed by atoms with Gasteiger partial charge in [-0.15, -0.1) is 6.42 Å². The fraction of sp³-hybridized carbons (Fsp3) is 0.476. The molecule has 1 heterocycles. The summed E-state index contributed by atoms with van der Waals surface area (Å²) in [6.45, 7) is 4.16. The van der Waals surface area contributed by atoms with Crippen molar-refractivity contribution < 1.29 is 4.79 Å². The molecule has 1 saturated carbocycles. The van der Waals surface area contributed by atoms with E-state index in [1.54, 1.807) is 0 Å². The third-order valence-electron chi connectivity index (χ3n) is 6.09. The van der Waals surface area contributed by atoms with Crippen LogP contribution in [0.5, 0.6) is 0 Å². The first-order chi connectivity index (χ1) is 11.1. The highest BCUT2D eigenvalue weighted by atomic mass is 16.1. The summed E-state index contributed by atoms with van der Waals surface area (Å²) in [5, 5.41) is 0. The van der Waals surface area contributed by atoms with Crippen molar-refractivity contribution in [1.82, 2.24) is 4.90 Å². The van der Waals surface area contributed by atoms with Crippen LogP contribution in [-0.2, 0) is 11.2 Å². The summed E-state index contributed by atoms with van der Waals surface area (Å²) >= 11 is 0. The van der Waals surface area contributed by atoms with Crippen molar-refractivity contribution in [2.75, 3.05) is 13.1 Å². The van der Waals surface area contributed by atoms with E-state index >= 15 is 0 Å². The molecule has 0 radical (unpaired) electrons. The number of nitrogens with zero attached hydrogens (tertiary/aromatic N) is 1. The van der Waals surface area contributed by atoms with E-state index in [0.29, 0.717) is 17.4 Å². The number of terminal acetylenes is 1. The summed E-state index contributed by atoms with van der Waals surface area (Å²) in [7, 11) is 0. The quantitative estimate of drug-likeness (QED) is 0.737. The number of carbonyl (C=O) groups excluding carboxylic acids is 1. The molecule has 0 N–H and O–H groups in total. The molecule has 1 spiro atoms. The van der Waals surface area contributed by atoms with Crippen LogP contribution in [0.4, 0.5) is 0 Å². The van der Waals surface area contributed by atoms with Gasteiger partial charge in [-0.25, -0.2) is 0 Å². The van der Waals surface area contributed by atoms with Crippen LogP contribution in [0.3, 0.4) is 0 Å². The monoisotopic (exact) mass is 305 g/mol. The molecule has 2 heteroatoms. The Balaban J connectivity index is 1.73. The summed E-state index contributed by atoms with van der Waals surface area (Å²) in [6, 6.07) is 6.37. The second-order valence-electron chi connectivity index (χ2n) is 7.47. The van der Waals surface area contributed by atoms with Gasteiger partial charge >= 0.3 is 0 Å². The minimum atomic E-state index is 0.0998. The molecule has 0 atom stereocenters. The lowest BCUT2D eigenvalue weighted by atomic mass is 9.63. The summed E-state index contributed by atoms with van der Waals surface area (Å²) in [6.07, 6.45) is 12.8. The Morgan fingerprint density at radius 2 is 1.91 bits per heavy atom. The Morgan fingerprint density at radius 1 is 1.17 bits per heavy atom.